The monoisotopic (exact) mass is 335 g/mol. The van der Waals surface area contributed by atoms with Gasteiger partial charge in [-0.3, -0.25) is 5.41 Å². The van der Waals surface area contributed by atoms with Gasteiger partial charge in [0.05, 0.1) is 0 Å². The number of benzene rings is 1. The van der Waals surface area contributed by atoms with Gasteiger partial charge >= 0.3 is 0 Å². The Kier molecular flexibility index (Phi) is 4.27. The molecule has 0 saturated heterocycles. The molecule has 0 aliphatic rings. The first kappa shape index (κ1) is 14.1. The molecule has 0 aliphatic carbocycles. The summed E-state index contributed by atoms with van der Waals surface area (Å²) in [7, 11) is 0. The predicted molar refractivity (Wildman–Crippen MR) is 83.0 cm³/mol. The Bertz CT molecular complexity index is 620. The highest BCUT2D eigenvalue weighted by Gasteiger charge is 2.09. The lowest BCUT2D eigenvalue weighted by Crippen LogP contribution is -2.12. The summed E-state index contributed by atoms with van der Waals surface area (Å²) in [4.78, 5) is 5.43. The average Bonchev–Trinajstić information content (AvgIpc) is 2.30. The number of pyridine rings is 1. The van der Waals surface area contributed by atoms with Gasteiger partial charge in [-0.1, -0.05) is 27.7 Å². The van der Waals surface area contributed by atoms with Crippen molar-refractivity contribution < 1.29 is 0 Å². The minimum absolute atomic E-state index is 0.0631. The smallest absolute Gasteiger partial charge is 0.123 e. The van der Waals surface area contributed by atoms with Crippen LogP contribution < -0.4 is 5.73 Å². The molecule has 2 rings (SSSR count). The Morgan fingerprint density at radius 3 is 2.63 bits per heavy atom. The number of aryl methyl sites for hydroxylation is 2. The molecule has 2 aromatic rings. The number of nitrogens with two attached hydrogens (primary N) is 1. The minimum Gasteiger partial charge on any atom is -0.384 e. The van der Waals surface area contributed by atoms with E-state index in [-0.39, 0.29) is 5.84 Å². The molecule has 1 heterocycles. The highest BCUT2D eigenvalue weighted by molar-refractivity contribution is 9.10. The number of nitrogens with one attached hydrogen (secondary N) is 1. The number of rotatable bonds is 3. The first-order valence-corrected chi connectivity index (χ1v) is 7.34. The maximum Gasteiger partial charge on any atom is 0.123 e. The second-order valence-electron chi connectivity index (χ2n) is 4.28. The zero-order chi connectivity index (χ0) is 14.0. The fraction of sp³-hybridized carbons (Fsp3) is 0.143. The molecule has 3 nitrogen and oxygen atoms in total. The van der Waals surface area contributed by atoms with Crippen LogP contribution in [0.4, 0.5) is 0 Å². The van der Waals surface area contributed by atoms with Gasteiger partial charge in [-0.2, -0.15) is 0 Å². The molecule has 0 unspecified atom stereocenters. The van der Waals surface area contributed by atoms with Crippen molar-refractivity contribution in [3.63, 3.8) is 0 Å². The van der Waals surface area contributed by atoms with Crippen LogP contribution in [0, 0.1) is 19.3 Å². The molecule has 0 aliphatic heterocycles. The summed E-state index contributed by atoms with van der Waals surface area (Å²) in [6, 6.07) is 9.82. The van der Waals surface area contributed by atoms with E-state index < -0.39 is 0 Å². The van der Waals surface area contributed by atoms with Gasteiger partial charge in [0.15, 0.2) is 0 Å². The Labute approximate surface area is 125 Å². The van der Waals surface area contributed by atoms with Gasteiger partial charge in [0.25, 0.3) is 0 Å². The fourth-order valence-electron chi connectivity index (χ4n) is 1.77. The second-order valence-corrected chi connectivity index (χ2v) is 6.26. The van der Waals surface area contributed by atoms with Crippen molar-refractivity contribution in [3.8, 4) is 0 Å². The molecule has 3 N–H and O–H groups in total. The molecular weight excluding hydrogens is 322 g/mol. The van der Waals surface area contributed by atoms with E-state index in [1.807, 2.05) is 44.2 Å². The molecule has 0 radical (unpaired) electrons. The Hall–Kier alpha value is -1.33. The molecule has 0 amide bonds. The second kappa shape index (κ2) is 5.75. The van der Waals surface area contributed by atoms with E-state index in [4.69, 9.17) is 11.1 Å². The molecule has 1 aromatic heterocycles. The Morgan fingerprint density at radius 1 is 1.26 bits per heavy atom. The van der Waals surface area contributed by atoms with Crippen molar-refractivity contribution in [2.45, 2.75) is 23.8 Å². The lowest BCUT2D eigenvalue weighted by Gasteiger charge is -2.09. The third-order valence-electron chi connectivity index (χ3n) is 2.52. The van der Waals surface area contributed by atoms with E-state index in [1.165, 1.54) is 17.3 Å². The van der Waals surface area contributed by atoms with Gasteiger partial charge in [-0.15, -0.1) is 0 Å². The maximum absolute atomic E-state index is 7.65. The largest absolute Gasteiger partial charge is 0.384 e. The Balaban J connectivity index is 2.40. The number of hydrogen-bond acceptors (Lipinski definition) is 3. The summed E-state index contributed by atoms with van der Waals surface area (Å²) in [5.41, 5.74) is 8.52. The summed E-state index contributed by atoms with van der Waals surface area (Å²) < 4.78 is 0.912. The number of aromatic nitrogens is 1. The van der Waals surface area contributed by atoms with Crippen molar-refractivity contribution in [3.05, 3.63) is 51.6 Å². The van der Waals surface area contributed by atoms with Gasteiger partial charge in [0.2, 0.25) is 0 Å². The van der Waals surface area contributed by atoms with Crippen LogP contribution in [-0.2, 0) is 0 Å². The van der Waals surface area contributed by atoms with Crippen molar-refractivity contribution in [1.82, 2.24) is 4.98 Å². The van der Waals surface area contributed by atoms with E-state index >= 15 is 0 Å². The number of hydrogen-bond donors (Lipinski definition) is 2. The molecule has 0 saturated carbocycles. The fourth-order valence-corrected chi connectivity index (χ4v) is 3.21. The molecule has 5 heteroatoms. The first-order chi connectivity index (χ1) is 8.95. The molecule has 0 atom stereocenters. The van der Waals surface area contributed by atoms with Crippen molar-refractivity contribution >= 4 is 33.5 Å². The number of nitrogens with zero attached hydrogens (tertiary/aromatic N) is 1. The van der Waals surface area contributed by atoms with E-state index in [0.717, 1.165) is 25.7 Å². The molecule has 0 spiro atoms. The average molecular weight is 336 g/mol. The molecule has 98 valence electrons. The molecular formula is C14H14BrN3S. The molecule has 0 bridgehead atoms. The lowest BCUT2D eigenvalue weighted by molar-refractivity contribution is 1.05. The third-order valence-corrected chi connectivity index (χ3v) is 4.01. The normalized spacial score (nSPS) is 10.5. The topological polar surface area (TPSA) is 62.8 Å². The summed E-state index contributed by atoms with van der Waals surface area (Å²) in [5.74, 6) is 0.0631. The standard InChI is InChI=1S/C14H14BrN3S/c1-8-5-9(2)18-13(6-8)19-12-4-3-10(15)7-11(12)14(16)17/h3-7H,1-2H3,(H3,16,17). The summed E-state index contributed by atoms with van der Waals surface area (Å²) in [5, 5.41) is 8.57. The molecule has 19 heavy (non-hydrogen) atoms. The van der Waals surface area contributed by atoms with Crippen LogP contribution in [0.2, 0.25) is 0 Å². The van der Waals surface area contributed by atoms with E-state index in [9.17, 15) is 0 Å². The van der Waals surface area contributed by atoms with Gasteiger partial charge in [-0.25, -0.2) is 4.98 Å². The summed E-state index contributed by atoms with van der Waals surface area (Å²) in [6.45, 7) is 4.02. The van der Waals surface area contributed by atoms with Gasteiger partial charge in [0.1, 0.15) is 10.9 Å². The third kappa shape index (κ3) is 3.58. The van der Waals surface area contributed by atoms with Gasteiger partial charge in [0, 0.05) is 20.6 Å². The Morgan fingerprint density at radius 2 is 2.00 bits per heavy atom. The number of nitrogen functional groups attached to an aromatic ring is 1. The van der Waals surface area contributed by atoms with Crippen LogP contribution in [0.1, 0.15) is 16.8 Å². The van der Waals surface area contributed by atoms with E-state index in [2.05, 4.69) is 20.9 Å². The molecule has 1 aromatic carbocycles. The van der Waals surface area contributed by atoms with Gasteiger partial charge in [-0.05, 0) is 49.7 Å². The van der Waals surface area contributed by atoms with Crippen molar-refractivity contribution in [2.75, 3.05) is 0 Å². The van der Waals surface area contributed by atoms with Crippen molar-refractivity contribution in [1.29, 1.82) is 5.41 Å². The highest BCUT2D eigenvalue weighted by atomic mass is 79.9. The van der Waals surface area contributed by atoms with Crippen molar-refractivity contribution in [2.24, 2.45) is 5.73 Å². The summed E-state index contributed by atoms with van der Waals surface area (Å²) in [6.07, 6.45) is 0. The van der Waals surface area contributed by atoms with Crippen LogP contribution in [0.5, 0.6) is 0 Å². The number of halogens is 1. The zero-order valence-electron chi connectivity index (χ0n) is 10.7. The van der Waals surface area contributed by atoms with Crippen LogP contribution in [0.15, 0.2) is 44.7 Å². The molecule has 0 fully saturated rings. The van der Waals surface area contributed by atoms with Gasteiger partial charge < -0.3 is 5.73 Å². The van der Waals surface area contributed by atoms with E-state index in [0.29, 0.717) is 0 Å². The summed E-state index contributed by atoms with van der Waals surface area (Å²) >= 11 is 4.92. The quantitative estimate of drug-likeness (QED) is 0.660. The lowest BCUT2D eigenvalue weighted by atomic mass is 10.2. The highest BCUT2D eigenvalue weighted by Crippen LogP contribution is 2.31. The zero-order valence-corrected chi connectivity index (χ0v) is 13.1. The minimum atomic E-state index is 0.0631. The van der Waals surface area contributed by atoms with Crippen LogP contribution >= 0.6 is 27.7 Å². The first-order valence-electron chi connectivity index (χ1n) is 5.73. The van der Waals surface area contributed by atoms with E-state index in [1.54, 1.807) is 0 Å². The van der Waals surface area contributed by atoms with Crippen LogP contribution in [0.3, 0.4) is 0 Å². The van der Waals surface area contributed by atoms with Crippen LogP contribution in [-0.4, -0.2) is 10.8 Å². The van der Waals surface area contributed by atoms with Crippen LogP contribution in [0.25, 0.3) is 0 Å². The number of amidine groups is 1. The maximum atomic E-state index is 7.65. The SMILES string of the molecule is Cc1cc(C)nc(Sc2ccc(Br)cc2C(=N)N)c1. The predicted octanol–water partition coefficient (Wildman–Crippen LogP) is 3.90.